The van der Waals surface area contributed by atoms with Crippen LogP contribution in [-0.4, -0.2) is 18.4 Å². The van der Waals surface area contributed by atoms with E-state index >= 15 is 0 Å². The van der Waals surface area contributed by atoms with Crippen LogP contribution in [0.5, 0.6) is 0 Å². The van der Waals surface area contributed by atoms with Gasteiger partial charge in [-0.15, -0.1) is 0 Å². The molecule has 1 aliphatic heterocycles. The van der Waals surface area contributed by atoms with E-state index in [0.29, 0.717) is 28.4 Å². The van der Waals surface area contributed by atoms with Crippen molar-refractivity contribution in [3.05, 3.63) is 94.5 Å². The number of fused-ring (bicyclic) bond motifs is 1. The number of anilines is 2. The Morgan fingerprint density at radius 3 is 2.45 bits per heavy atom. The molecule has 3 aromatic rings. The summed E-state index contributed by atoms with van der Waals surface area (Å²) in [6.07, 6.45) is 3.05. The van der Waals surface area contributed by atoms with Gasteiger partial charge in [0.1, 0.15) is 0 Å². The molecule has 0 aromatic heterocycles. The summed E-state index contributed by atoms with van der Waals surface area (Å²) >= 11 is 5.95. The molecule has 0 unspecified atom stereocenters. The van der Waals surface area contributed by atoms with Gasteiger partial charge in [-0.1, -0.05) is 35.9 Å². The van der Waals surface area contributed by atoms with Crippen molar-refractivity contribution in [1.82, 2.24) is 0 Å². The number of hydrogen-bond donors (Lipinski definition) is 1. The van der Waals surface area contributed by atoms with E-state index in [4.69, 9.17) is 11.6 Å². The van der Waals surface area contributed by atoms with E-state index in [1.165, 1.54) is 5.56 Å². The molecule has 0 atom stereocenters. The van der Waals surface area contributed by atoms with Crippen molar-refractivity contribution in [2.45, 2.75) is 19.3 Å². The monoisotopic (exact) mass is 404 g/mol. The predicted octanol–water partition coefficient (Wildman–Crippen LogP) is 5.58. The van der Waals surface area contributed by atoms with Gasteiger partial charge in [-0.2, -0.15) is 0 Å². The van der Waals surface area contributed by atoms with E-state index in [0.717, 1.165) is 24.9 Å². The second-order valence-electron chi connectivity index (χ2n) is 7.08. The molecule has 0 spiro atoms. The van der Waals surface area contributed by atoms with Crippen molar-refractivity contribution >= 4 is 34.8 Å². The van der Waals surface area contributed by atoms with E-state index < -0.39 is 0 Å². The van der Waals surface area contributed by atoms with Gasteiger partial charge in [-0.05, 0) is 73.4 Å². The van der Waals surface area contributed by atoms with Crippen LogP contribution >= 0.6 is 11.6 Å². The van der Waals surface area contributed by atoms with Gasteiger partial charge in [-0.3, -0.25) is 9.59 Å². The lowest BCUT2D eigenvalue weighted by Crippen LogP contribution is -2.31. The highest BCUT2D eigenvalue weighted by Gasteiger charge is 2.22. The van der Waals surface area contributed by atoms with Gasteiger partial charge in [0.25, 0.3) is 11.8 Å². The molecule has 29 heavy (non-hydrogen) atoms. The molecule has 1 aliphatic rings. The molecule has 0 bridgehead atoms. The standard InChI is InChI=1S/C24H21ClN2O2/c25-20-9-5-8-19(16-20)23(28)26-21-13-11-18(12-14-21)24(29)27-15-4-3-7-17-6-1-2-10-22(17)27/h1-2,5-6,8-14,16H,3-4,7,15H2,(H,26,28). The first kappa shape index (κ1) is 19.2. The molecule has 2 amide bonds. The van der Waals surface area contributed by atoms with Crippen LogP contribution in [0, 0.1) is 0 Å². The number of hydrogen-bond acceptors (Lipinski definition) is 2. The summed E-state index contributed by atoms with van der Waals surface area (Å²) in [6.45, 7) is 0.711. The van der Waals surface area contributed by atoms with Gasteiger partial charge in [0, 0.05) is 34.1 Å². The third kappa shape index (κ3) is 4.33. The summed E-state index contributed by atoms with van der Waals surface area (Å²) in [5.41, 5.74) is 3.92. The quantitative estimate of drug-likeness (QED) is 0.619. The summed E-state index contributed by atoms with van der Waals surface area (Å²) in [5, 5.41) is 3.34. The minimum Gasteiger partial charge on any atom is -0.322 e. The Balaban J connectivity index is 1.51. The summed E-state index contributed by atoms with van der Waals surface area (Å²) in [5.74, 6) is -0.264. The molecule has 0 radical (unpaired) electrons. The normalized spacial score (nSPS) is 13.3. The lowest BCUT2D eigenvalue weighted by Gasteiger charge is -2.23. The largest absolute Gasteiger partial charge is 0.322 e. The number of nitrogens with zero attached hydrogens (tertiary/aromatic N) is 1. The maximum atomic E-state index is 13.1. The third-order valence-corrected chi connectivity index (χ3v) is 5.32. The van der Waals surface area contributed by atoms with E-state index in [1.807, 2.05) is 23.1 Å². The summed E-state index contributed by atoms with van der Waals surface area (Å²) in [6, 6.07) is 21.9. The first-order valence-electron chi connectivity index (χ1n) is 9.68. The number of amides is 2. The Morgan fingerprint density at radius 2 is 1.66 bits per heavy atom. The van der Waals surface area contributed by atoms with Gasteiger partial charge >= 0.3 is 0 Å². The minimum atomic E-state index is -0.243. The molecular formula is C24H21ClN2O2. The molecule has 5 heteroatoms. The second-order valence-corrected chi connectivity index (χ2v) is 7.52. The number of benzene rings is 3. The maximum Gasteiger partial charge on any atom is 0.258 e. The minimum absolute atomic E-state index is 0.0212. The van der Waals surface area contributed by atoms with Crippen molar-refractivity contribution in [2.24, 2.45) is 0 Å². The Kier molecular flexibility index (Phi) is 5.63. The highest BCUT2D eigenvalue weighted by atomic mass is 35.5. The highest BCUT2D eigenvalue weighted by Crippen LogP contribution is 2.27. The number of nitrogens with one attached hydrogen (secondary N) is 1. The Labute approximate surface area is 175 Å². The maximum absolute atomic E-state index is 13.1. The number of carbonyl (C=O) groups excluding carboxylic acids is 2. The Morgan fingerprint density at radius 1 is 0.862 bits per heavy atom. The van der Waals surface area contributed by atoms with Crippen molar-refractivity contribution < 1.29 is 9.59 Å². The van der Waals surface area contributed by atoms with Crippen LogP contribution < -0.4 is 10.2 Å². The van der Waals surface area contributed by atoms with Crippen LogP contribution in [0.4, 0.5) is 11.4 Å². The Hall–Kier alpha value is -3.11. The fraction of sp³-hybridized carbons (Fsp3) is 0.167. The lowest BCUT2D eigenvalue weighted by molar-refractivity contribution is 0.0985. The van der Waals surface area contributed by atoms with Crippen molar-refractivity contribution in [3.8, 4) is 0 Å². The van der Waals surface area contributed by atoms with Gasteiger partial charge in [0.15, 0.2) is 0 Å². The summed E-state index contributed by atoms with van der Waals surface area (Å²) in [7, 11) is 0. The number of halogens is 1. The van der Waals surface area contributed by atoms with Crippen LogP contribution in [0.25, 0.3) is 0 Å². The van der Waals surface area contributed by atoms with Crippen LogP contribution in [0.2, 0.25) is 5.02 Å². The van der Waals surface area contributed by atoms with Crippen LogP contribution in [0.15, 0.2) is 72.8 Å². The molecule has 1 heterocycles. The van der Waals surface area contributed by atoms with Crippen molar-refractivity contribution in [2.75, 3.05) is 16.8 Å². The van der Waals surface area contributed by atoms with Gasteiger partial charge < -0.3 is 10.2 Å². The molecule has 0 saturated heterocycles. The second kappa shape index (κ2) is 8.50. The molecular weight excluding hydrogens is 384 g/mol. The first-order valence-corrected chi connectivity index (χ1v) is 10.1. The first-order chi connectivity index (χ1) is 14.1. The SMILES string of the molecule is O=C(Nc1ccc(C(=O)N2CCCCc3ccccc32)cc1)c1cccc(Cl)c1. The number of carbonyl (C=O) groups is 2. The summed E-state index contributed by atoms with van der Waals surface area (Å²) in [4.78, 5) is 27.4. The molecule has 146 valence electrons. The Bertz CT molecular complexity index is 1050. The third-order valence-electron chi connectivity index (χ3n) is 5.08. The highest BCUT2D eigenvalue weighted by molar-refractivity contribution is 6.31. The molecule has 4 rings (SSSR count). The van der Waals surface area contributed by atoms with Gasteiger partial charge in [0.05, 0.1) is 0 Å². The molecule has 0 fully saturated rings. The zero-order valence-electron chi connectivity index (χ0n) is 15.9. The van der Waals surface area contributed by atoms with E-state index in [-0.39, 0.29) is 11.8 Å². The van der Waals surface area contributed by atoms with E-state index in [1.54, 1.807) is 48.5 Å². The number of rotatable bonds is 3. The summed E-state index contributed by atoms with van der Waals surface area (Å²) < 4.78 is 0. The number of aryl methyl sites for hydroxylation is 1. The molecule has 0 aliphatic carbocycles. The average molecular weight is 405 g/mol. The van der Waals surface area contributed by atoms with Gasteiger partial charge in [0.2, 0.25) is 0 Å². The smallest absolute Gasteiger partial charge is 0.258 e. The zero-order chi connectivity index (χ0) is 20.2. The van der Waals surface area contributed by atoms with Crippen LogP contribution in [-0.2, 0) is 6.42 Å². The predicted molar refractivity (Wildman–Crippen MR) is 117 cm³/mol. The van der Waals surface area contributed by atoms with Crippen LogP contribution in [0.1, 0.15) is 39.1 Å². The molecule has 0 saturated carbocycles. The zero-order valence-corrected chi connectivity index (χ0v) is 16.7. The fourth-order valence-electron chi connectivity index (χ4n) is 3.59. The van der Waals surface area contributed by atoms with Gasteiger partial charge in [-0.25, -0.2) is 0 Å². The van der Waals surface area contributed by atoms with E-state index in [9.17, 15) is 9.59 Å². The molecule has 1 N–H and O–H groups in total. The number of para-hydroxylation sites is 1. The molecule has 3 aromatic carbocycles. The van der Waals surface area contributed by atoms with Crippen LogP contribution in [0.3, 0.4) is 0 Å². The lowest BCUT2D eigenvalue weighted by atomic mass is 10.1. The van der Waals surface area contributed by atoms with Crippen molar-refractivity contribution in [1.29, 1.82) is 0 Å². The van der Waals surface area contributed by atoms with Crippen molar-refractivity contribution in [3.63, 3.8) is 0 Å². The fourth-order valence-corrected chi connectivity index (χ4v) is 3.78. The average Bonchev–Trinajstić information content (AvgIpc) is 2.96. The van der Waals surface area contributed by atoms with E-state index in [2.05, 4.69) is 11.4 Å². The topological polar surface area (TPSA) is 49.4 Å². The molecule has 4 nitrogen and oxygen atoms in total.